The van der Waals surface area contributed by atoms with Gasteiger partial charge in [-0.15, -0.1) is 0 Å². The average Bonchev–Trinajstić information content (AvgIpc) is 2.90. The van der Waals surface area contributed by atoms with E-state index in [1.54, 1.807) is 7.11 Å². The van der Waals surface area contributed by atoms with Gasteiger partial charge in [-0.3, -0.25) is 4.90 Å². The highest BCUT2D eigenvalue weighted by Crippen LogP contribution is 2.32. The predicted molar refractivity (Wildman–Crippen MR) is 76.6 cm³/mol. The maximum Gasteiger partial charge on any atom is 0.170 e. The fourth-order valence-corrected chi connectivity index (χ4v) is 2.98. The summed E-state index contributed by atoms with van der Waals surface area (Å²) >= 11 is 0. The summed E-state index contributed by atoms with van der Waals surface area (Å²) in [5.41, 5.74) is 7.86. The minimum atomic E-state index is -0.296. The third-order valence-electron chi connectivity index (χ3n) is 4.13. The molecule has 0 aliphatic carbocycles. The van der Waals surface area contributed by atoms with Crippen LogP contribution in [0.15, 0.2) is 18.2 Å². The molecule has 0 aromatic heterocycles. The highest BCUT2D eigenvalue weighted by atomic mass is 16.7. The zero-order valence-electron chi connectivity index (χ0n) is 11.9. The molecule has 2 heterocycles. The van der Waals surface area contributed by atoms with Crippen molar-refractivity contribution in [3.8, 4) is 5.75 Å². The van der Waals surface area contributed by atoms with Crippen molar-refractivity contribution >= 4 is 5.69 Å². The van der Waals surface area contributed by atoms with Crippen LogP contribution in [0.1, 0.15) is 18.4 Å². The van der Waals surface area contributed by atoms with E-state index in [0.717, 1.165) is 51.4 Å². The maximum atomic E-state index is 5.95. The first-order valence-corrected chi connectivity index (χ1v) is 7.13. The number of hydrogen-bond donors (Lipinski definition) is 1. The number of hydrogen-bond acceptors (Lipinski definition) is 5. The van der Waals surface area contributed by atoms with Crippen molar-refractivity contribution in [2.45, 2.75) is 25.2 Å². The molecule has 2 N–H and O–H groups in total. The van der Waals surface area contributed by atoms with Crippen LogP contribution in [0.5, 0.6) is 5.75 Å². The first kappa shape index (κ1) is 13.7. The number of methoxy groups -OCH3 is 1. The van der Waals surface area contributed by atoms with Crippen LogP contribution >= 0.6 is 0 Å². The Morgan fingerprint density at radius 3 is 2.55 bits per heavy atom. The lowest BCUT2D eigenvalue weighted by atomic mass is 10.0. The first-order valence-electron chi connectivity index (χ1n) is 7.13. The highest BCUT2D eigenvalue weighted by molar-refractivity contribution is 5.54. The second kappa shape index (κ2) is 5.60. The van der Waals surface area contributed by atoms with Gasteiger partial charge in [-0.25, -0.2) is 0 Å². The fourth-order valence-electron chi connectivity index (χ4n) is 2.98. The Balaban J connectivity index is 1.58. The molecule has 0 radical (unpaired) electrons. The molecular formula is C15H22N2O3. The summed E-state index contributed by atoms with van der Waals surface area (Å²) in [7, 11) is 1.64. The van der Waals surface area contributed by atoms with Crippen molar-refractivity contribution in [1.82, 2.24) is 4.90 Å². The lowest BCUT2D eigenvalue weighted by molar-refractivity contribution is -0.185. The molecular weight excluding hydrogens is 256 g/mol. The third kappa shape index (κ3) is 2.75. The number of piperidine rings is 1. The second-order valence-electron chi connectivity index (χ2n) is 5.46. The third-order valence-corrected chi connectivity index (χ3v) is 4.13. The molecule has 0 amide bonds. The zero-order chi connectivity index (χ0) is 14.0. The minimum Gasteiger partial charge on any atom is -0.495 e. The number of rotatable bonds is 3. The number of benzene rings is 1. The van der Waals surface area contributed by atoms with E-state index in [-0.39, 0.29) is 5.79 Å². The molecule has 0 atom stereocenters. The largest absolute Gasteiger partial charge is 0.495 e. The molecule has 1 spiro atoms. The van der Waals surface area contributed by atoms with E-state index < -0.39 is 0 Å². The summed E-state index contributed by atoms with van der Waals surface area (Å²) in [6.07, 6.45) is 1.89. The Morgan fingerprint density at radius 1 is 1.25 bits per heavy atom. The molecule has 0 unspecified atom stereocenters. The summed E-state index contributed by atoms with van der Waals surface area (Å²) in [6.45, 7) is 4.35. The monoisotopic (exact) mass is 278 g/mol. The quantitative estimate of drug-likeness (QED) is 0.851. The Kier molecular flexibility index (Phi) is 3.83. The fraction of sp³-hybridized carbons (Fsp3) is 0.600. The minimum absolute atomic E-state index is 0.296. The molecule has 2 aliphatic rings. The Morgan fingerprint density at radius 2 is 1.95 bits per heavy atom. The van der Waals surface area contributed by atoms with Gasteiger partial charge in [0.15, 0.2) is 5.79 Å². The van der Waals surface area contributed by atoms with Crippen LogP contribution in [0, 0.1) is 0 Å². The van der Waals surface area contributed by atoms with Crippen LogP contribution in [0.2, 0.25) is 0 Å². The van der Waals surface area contributed by atoms with Crippen molar-refractivity contribution in [3.05, 3.63) is 23.8 Å². The van der Waals surface area contributed by atoms with E-state index in [1.807, 2.05) is 12.1 Å². The van der Waals surface area contributed by atoms with Crippen molar-refractivity contribution in [2.24, 2.45) is 0 Å². The standard InChI is InChI=1S/C15H22N2O3/c1-18-14-3-2-12(10-13(14)16)11-17-6-4-15(5-7-17)19-8-9-20-15/h2-3,10H,4-9,11,16H2,1H3. The smallest absolute Gasteiger partial charge is 0.170 e. The van der Waals surface area contributed by atoms with Crippen LogP contribution in [0.4, 0.5) is 5.69 Å². The summed E-state index contributed by atoms with van der Waals surface area (Å²) in [6, 6.07) is 5.99. The topological polar surface area (TPSA) is 57.0 Å². The lowest BCUT2D eigenvalue weighted by Crippen LogP contribution is -2.44. The van der Waals surface area contributed by atoms with Crippen LogP contribution in [-0.4, -0.2) is 44.1 Å². The molecule has 5 heteroatoms. The number of nitrogen functional groups attached to an aromatic ring is 1. The first-order chi connectivity index (χ1) is 9.71. The van der Waals surface area contributed by atoms with E-state index >= 15 is 0 Å². The summed E-state index contributed by atoms with van der Waals surface area (Å²) in [5, 5.41) is 0. The van der Waals surface area contributed by atoms with Gasteiger partial charge >= 0.3 is 0 Å². The Labute approximate surface area is 119 Å². The van der Waals surface area contributed by atoms with Crippen LogP contribution in [0.3, 0.4) is 0 Å². The zero-order valence-corrected chi connectivity index (χ0v) is 11.9. The SMILES string of the molecule is COc1ccc(CN2CCC3(CC2)OCCO3)cc1N. The molecule has 2 aliphatic heterocycles. The van der Waals surface area contributed by atoms with Gasteiger partial charge in [0, 0.05) is 32.5 Å². The molecule has 0 saturated carbocycles. The molecule has 1 aromatic carbocycles. The van der Waals surface area contributed by atoms with Crippen LogP contribution < -0.4 is 10.5 Å². The van der Waals surface area contributed by atoms with Gasteiger partial charge in [0.25, 0.3) is 0 Å². The molecule has 2 fully saturated rings. The summed E-state index contributed by atoms with van der Waals surface area (Å²) < 4.78 is 16.7. The molecule has 1 aromatic rings. The van der Waals surface area contributed by atoms with Crippen LogP contribution in [0.25, 0.3) is 0 Å². The average molecular weight is 278 g/mol. The van der Waals surface area contributed by atoms with Gasteiger partial charge in [-0.2, -0.15) is 0 Å². The Hall–Kier alpha value is -1.30. The van der Waals surface area contributed by atoms with Crippen LogP contribution in [-0.2, 0) is 16.0 Å². The van der Waals surface area contributed by atoms with Gasteiger partial charge in [0.2, 0.25) is 0 Å². The molecule has 2 saturated heterocycles. The van der Waals surface area contributed by atoms with E-state index in [4.69, 9.17) is 19.9 Å². The van der Waals surface area contributed by atoms with Gasteiger partial charge < -0.3 is 19.9 Å². The normalized spacial score (nSPS) is 22.2. The molecule has 3 rings (SSSR count). The van der Waals surface area contributed by atoms with Gasteiger partial charge in [-0.05, 0) is 17.7 Å². The highest BCUT2D eigenvalue weighted by Gasteiger charge is 2.39. The van der Waals surface area contributed by atoms with Gasteiger partial charge in [-0.1, -0.05) is 6.07 Å². The number of anilines is 1. The number of nitrogens with two attached hydrogens (primary N) is 1. The van der Waals surface area contributed by atoms with Crippen molar-refractivity contribution in [2.75, 3.05) is 39.1 Å². The van der Waals surface area contributed by atoms with Crippen molar-refractivity contribution in [3.63, 3.8) is 0 Å². The number of likely N-dealkylation sites (tertiary alicyclic amines) is 1. The van der Waals surface area contributed by atoms with E-state index in [1.165, 1.54) is 5.56 Å². The summed E-state index contributed by atoms with van der Waals surface area (Å²) in [4.78, 5) is 2.41. The molecule has 0 bridgehead atoms. The van der Waals surface area contributed by atoms with E-state index in [9.17, 15) is 0 Å². The van der Waals surface area contributed by atoms with Crippen molar-refractivity contribution in [1.29, 1.82) is 0 Å². The number of ether oxygens (including phenoxy) is 3. The van der Waals surface area contributed by atoms with Crippen molar-refractivity contribution < 1.29 is 14.2 Å². The van der Waals surface area contributed by atoms with E-state index in [0.29, 0.717) is 5.69 Å². The second-order valence-corrected chi connectivity index (χ2v) is 5.46. The lowest BCUT2D eigenvalue weighted by Gasteiger charge is -2.37. The molecule has 5 nitrogen and oxygen atoms in total. The summed E-state index contributed by atoms with van der Waals surface area (Å²) in [5.74, 6) is 0.439. The Bertz CT molecular complexity index is 462. The maximum absolute atomic E-state index is 5.95. The van der Waals surface area contributed by atoms with Gasteiger partial charge in [0.1, 0.15) is 5.75 Å². The predicted octanol–water partition coefficient (Wildman–Crippen LogP) is 1.62. The van der Waals surface area contributed by atoms with Gasteiger partial charge in [0.05, 0.1) is 26.0 Å². The number of nitrogens with zero attached hydrogens (tertiary/aromatic N) is 1. The molecule has 20 heavy (non-hydrogen) atoms. The molecule has 110 valence electrons. The van der Waals surface area contributed by atoms with E-state index in [2.05, 4.69) is 11.0 Å².